The Hall–Kier alpha value is -1.35. The van der Waals surface area contributed by atoms with Crippen molar-refractivity contribution < 1.29 is 9.50 Å². The average molecular weight is 181 g/mol. The summed E-state index contributed by atoms with van der Waals surface area (Å²) in [5.41, 5.74) is 5.97. The minimum atomic E-state index is -0.642. The maximum Gasteiger partial charge on any atom is 0.169 e. The highest BCUT2D eigenvalue weighted by atomic mass is 19.1. The number of nitrogens with two attached hydrogens (primary N) is 1. The van der Waals surface area contributed by atoms with Crippen molar-refractivity contribution in [1.29, 1.82) is 0 Å². The van der Waals surface area contributed by atoms with Crippen LogP contribution in [0.5, 0.6) is 5.75 Å². The number of hydrogen-bond acceptors (Lipinski definition) is 2. The first-order valence-electron chi connectivity index (χ1n) is 4.00. The summed E-state index contributed by atoms with van der Waals surface area (Å²) in [4.78, 5) is 0. The zero-order chi connectivity index (χ0) is 9.84. The van der Waals surface area contributed by atoms with Gasteiger partial charge in [-0.1, -0.05) is 18.2 Å². The van der Waals surface area contributed by atoms with E-state index in [0.29, 0.717) is 12.0 Å². The van der Waals surface area contributed by atoms with Crippen LogP contribution in [0.25, 0.3) is 0 Å². The lowest BCUT2D eigenvalue weighted by atomic mass is 10.0. The van der Waals surface area contributed by atoms with Gasteiger partial charge in [-0.2, -0.15) is 0 Å². The van der Waals surface area contributed by atoms with Gasteiger partial charge in [0.1, 0.15) is 0 Å². The third-order valence-corrected chi connectivity index (χ3v) is 1.83. The molecular weight excluding hydrogens is 169 g/mol. The lowest BCUT2D eigenvalue weighted by molar-refractivity contribution is 0.425. The number of phenolic OH excluding ortho intramolecular Hbond substituents is 1. The van der Waals surface area contributed by atoms with Crippen molar-refractivity contribution in [2.75, 3.05) is 0 Å². The predicted molar refractivity (Wildman–Crippen MR) is 49.8 cm³/mol. The van der Waals surface area contributed by atoms with Crippen LogP contribution in [0, 0.1) is 5.82 Å². The van der Waals surface area contributed by atoms with Gasteiger partial charge in [0.25, 0.3) is 0 Å². The summed E-state index contributed by atoms with van der Waals surface area (Å²) >= 11 is 0. The molecule has 1 aromatic carbocycles. The van der Waals surface area contributed by atoms with Crippen LogP contribution in [0.3, 0.4) is 0 Å². The summed E-state index contributed by atoms with van der Waals surface area (Å²) in [5, 5.41) is 9.06. The molecule has 0 aromatic heterocycles. The molecule has 3 N–H and O–H groups in total. The van der Waals surface area contributed by atoms with Gasteiger partial charge >= 0.3 is 0 Å². The van der Waals surface area contributed by atoms with Gasteiger partial charge in [-0.15, -0.1) is 6.58 Å². The second-order valence-electron chi connectivity index (χ2n) is 2.81. The first kappa shape index (κ1) is 9.74. The Kier molecular flexibility index (Phi) is 3.03. The van der Waals surface area contributed by atoms with Crippen molar-refractivity contribution in [2.24, 2.45) is 5.73 Å². The van der Waals surface area contributed by atoms with E-state index in [4.69, 9.17) is 10.8 Å². The molecular formula is C10H12FNO. The molecule has 13 heavy (non-hydrogen) atoms. The molecule has 70 valence electrons. The second-order valence-corrected chi connectivity index (χ2v) is 2.81. The second kappa shape index (κ2) is 4.05. The molecule has 0 heterocycles. The summed E-state index contributed by atoms with van der Waals surface area (Å²) in [6.45, 7) is 3.51. The number of aromatic hydroxyl groups is 1. The van der Waals surface area contributed by atoms with E-state index in [1.54, 1.807) is 18.2 Å². The smallest absolute Gasteiger partial charge is 0.169 e. The summed E-state index contributed by atoms with van der Waals surface area (Å²) < 4.78 is 13.2. The Morgan fingerprint density at radius 3 is 2.92 bits per heavy atom. The van der Waals surface area contributed by atoms with Gasteiger partial charge in [0, 0.05) is 11.6 Å². The summed E-state index contributed by atoms with van der Waals surface area (Å²) in [7, 11) is 0. The molecule has 1 atom stereocenters. The van der Waals surface area contributed by atoms with Crippen molar-refractivity contribution in [3.63, 3.8) is 0 Å². The number of halogens is 1. The minimum absolute atomic E-state index is 0.319. The summed E-state index contributed by atoms with van der Waals surface area (Å²) in [6, 6.07) is 3.98. The Balaban J connectivity index is 3.00. The molecule has 0 spiro atoms. The fourth-order valence-corrected chi connectivity index (χ4v) is 1.13. The van der Waals surface area contributed by atoms with E-state index in [9.17, 15) is 4.39 Å². The highest BCUT2D eigenvalue weighted by Gasteiger charge is 2.12. The molecule has 0 radical (unpaired) electrons. The number of rotatable bonds is 3. The fourth-order valence-electron chi connectivity index (χ4n) is 1.13. The van der Waals surface area contributed by atoms with Crippen LogP contribution in [0.4, 0.5) is 4.39 Å². The molecule has 0 fully saturated rings. The van der Waals surface area contributed by atoms with E-state index in [1.165, 1.54) is 6.07 Å². The maximum atomic E-state index is 13.2. The van der Waals surface area contributed by atoms with Crippen LogP contribution in [0.1, 0.15) is 18.0 Å². The minimum Gasteiger partial charge on any atom is -0.505 e. The highest BCUT2D eigenvalue weighted by Crippen LogP contribution is 2.24. The maximum absolute atomic E-state index is 13.2. The average Bonchev–Trinajstić information content (AvgIpc) is 2.10. The van der Waals surface area contributed by atoms with Gasteiger partial charge in [0.2, 0.25) is 0 Å². The van der Waals surface area contributed by atoms with Gasteiger partial charge < -0.3 is 10.8 Å². The first-order chi connectivity index (χ1) is 6.16. The van der Waals surface area contributed by atoms with Gasteiger partial charge in [-0.25, -0.2) is 4.39 Å². The van der Waals surface area contributed by atoms with Gasteiger partial charge in [-0.3, -0.25) is 0 Å². The molecule has 0 saturated carbocycles. The normalized spacial score (nSPS) is 12.5. The Bertz CT molecular complexity index is 312. The van der Waals surface area contributed by atoms with E-state index >= 15 is 0 Å². The summed E-state index contributed by atoms with van der Waals surface area (Å²) in [6.07, 6.45) is 2.11. The molecule has 0 aliphatic carbocycles. The molecule has 3 heteroatoms. The zero-order valence-corrected chi connectivity index (χ0v) is 7.20. The predicted octanol–water partition coefficient (Wildman–Crippen LogP) is 2.11. The molecule has 1 aromatic rings. The fraction of sp³-hybridized carbons (Fsp3) is 0.200. The van der Waals surface area contributed by atoms with Crippen LogP contribution in [-0.4, -0.2) is 5.11 Å². The van der Waals surface area contributed by atoms with Crippen LogP contribution in [0.15, 0.2) is 30.9 Å². The molecule has 2 nitrogen and oxygen atoms in total. The third kappa shape index (κ3) is 2.06. The van der Waals surface area contributed by atoms with E-state index in [-0.39, 0.29) is 5.75 Å². The van der Waals surface area contributed by atoms with Crippen LogP contribution in [-0.2, 0) is 0 Å². The van der Waals surface area contributed by atoms with Crippen molar-refractivity contribution >= 4 is 0 Å². The largest absolute Gasteiger partial charge is 0.505 e. The van der Waals surface area contributed by atoms with Crippen molar-refractivity contribution in [3.8, 4) is 5.75 Å². The van der Waals surface area contributed by atoms with Gasteiger partial charge in [0.15, 0.2) is 11.6 Å². The zero-order valence-electron chi connectivity index (χ0n) is 7.20. The quantitative estimate of drug-likeness (QED) is 0.701. The lowest BCUT2D eigenvalue weighted by Crippen LogP contribution is -2.10. The van der Waals surface area contributed by atoms with E-state index in [0.717, 1.165) is 0 Å². The monoisotopic (exact) mass is 181 g/mol. The molecule has 0 saturated heterocycles. The summed E-state index contributed by atoms with van der Waals surface area (Å²) in [5.74, 6) is -1.01. The van der Waals surface area contributed by atoms with Crippen LogP contribution in [0.2, 0.25) is 0 Å². The van der Waals surface area contributed by atoms with Crippen LogP contribution < -0.4 is 5.73 Å². The first-order valence-corrected chi connectivity index (χ1v) is 4.00. The van der Waals surface area contributed by atoms with E-state index in [2.05, 4.69) is 6.58 Å². The number of phenols is 1. The molecule has 0 unspecified atom stereocenters. The SMILES string of the molecule is C=CC[C@@H](N)c1cccc(O)c1F. The lowest BCUT2D eigenvalue weighted by Gasteiger charge is -2.10. The van der Waals surface area contributed by atoms with E-state index < -0.39 is 11.9 Å². The highest BCUT2D eigenvalue weighted by molar-refractivity contribution is 5.31. The topological polar surface area (TPSA) is 46.2 Å². The number of hydrogen-bond donors (Lipinski definition) is 2. The molecule has 0 bridgehead atoms. The van der Waals surface area contributed by atoms with Crippen LogP contribution >= 0.6 is 0 Å². The van der Waals surface area contributed by atoms with Gasteiger partial charge in [0.05, 0.1) is 0 Å². The van der Waals surface area contributed by atoms with Gasteiger partial charge in [-0.05, 0) is 12.5 Å². The van der Waals surface area contributed by atoms with Crippen molar-refractivity contribution in [3.05, 3.63) is 42.2 Å². The standard InChI is InChI=1S/C10H12FNO/c1-2-4-8(12)7-5-3-6-9(13)10(7)11/h2-3,5-6,8,13H,1,4,12H2/t8-/m1/s1. The van der Waals surface area contributed by atoms with E-state index in [1.807, 2.05) is 0 Å². The van der Waals surface area contributed by atoms with Crippen molar-refractivity contribution in [2.45, 2.75) is 12.5 Å². The van der Waals surface area contributed by atoms with Crippen molar-refractivity contribution in [1.82, 2.24) is 0 Å². The Labute approximate surface area is 76.5 Å². The molecule has 0 amide bonds. The third-order valence-electron chi connectivity index (χ3n) is 1.83. The number of benzene rings is 1. The Morgan fingerprint density at radius 2 is 2.31 bits per heavy atom. The molecule has 0 aliphatic heterocycles. The molecule has 1 rings (SSSR count). The Morgan fingerprint density at radius 1 is 1.62 bits per heavy atom. The molecule has 0 aliphatic rings.